The average molecular weight is 384 g/mol. The first kappa shape index (κ1) is 19.0. The third-order valence-electron chi connectivity index (χ3n) is 6.31. The van der Waals surface area contributed by atoms with E-state index in [2.05, 4.69) is 47.0 Å². The number of amides is 3. The van der Waals surface area contributed by atoms with Crippen molar-refractivity contribution in [3.05, 3.63) is 36.0 Å². The maximum Gasteiger partial charge on any atom is 0.327 e. The second-order valence-corrected chi connectivity index (χ2v) is 7.88. The molecule has 0 saturated carbocycles. The number of nitrogens with zero attached hydrogens (tertiary/aromatic N) is 4. The third-order valence-corrected chi connectivity index (χ3v) is 6.31. The Morgan fingerprint density at radius 1 is 1.11 bits per heavy atom. The summed E-state index contributed by atoms with van der Waals surface area (Å²) in [6.45, 7) is 3.33. The zero-order valence-corrected chi connectivity index (χ0v) is 16.9. The van der Waals surface area contributed by atoms with Crippen molar-refractivity contribution in [1.29, 1.82) is 0 Å². The van der Waals surface area contributed by atoms with Gasteiger partial charge in [-0.25, -0.2) is 4.79 Å². The van der Waals surface area contributed by atoms with Gasteiger partial charge in [-0.15, -0.1) is 0 Å². The molecule has 1 spiro atoms. The van der Waals surface area contributed by atoms with Crippen LogP contribution in [0.15, 0.2) is 30.5 Å². The van der Waals surface area contributed by atoms with Gasteiger partial charge in [-0.1, -0.05) is 18.2 Å². The molecule has 28 heavy (non-hydrogen) atoms. The third kappa shape index (κ3) is 2.89. The molecule has 0 radical (unpaired) electrons. The number of hydrogen-bond acceptors (Lipinski definition) is 4. The van der Waals surface area contributed by atoms with E-state index in [1.54, 1.807) is 19.1 Å². The van der Waals surface area contributed by atoms with E-state index < -0.39 is 5.54 Å². The summed E-state index contributed by atoms with van der Waals surface area (Å²) in [6, 6.07) is 8.23. The molecule has 4 rings (SSSR count). The van der Waals surface area contributed by atoms with E-state index in [1.165, 1.54) is 21.4 Å². The van der Waals surface area contributed by atoms with Crippen LogP contribution in [-0.4, -0.2) is 77.1 Å². The topological polar surface area (TPSA) is 58.0 Å². The molecule has 0 aliphatic carbocycles. The van der Waals surface area contributed by atoms with E-state index in [1.807, 2.05) is 0 Å². The Bertz CT molecular complexity index is 898. The van der Waals surface area contributed by atoms with Crippen molar-refractivity contribution in [2.75, 3.05) is 40.4 Å². The Morgan fingerprint density at radius 3 is 2.54 bits per heavy atom. The van der Waals surface area contributed by atoms with Gasteiger partial charge in [0.1, 0.15) is 5.54 Å². The molecule has 2 aromatic rings. The summed E-state index contributed by atoms with van der Waals surface area (Å²) < 4.78 is 7.33. The number of aromatic nitrogens is 1. The van der Waals surface area contributed by atoms with Gasteiger partial charge in [-0.3, -0.25) is 14.6 Å². The lowest BCUT2D eigenvalue weighted by Crippen LogP contribution is -2.57. The molecule has 7 nitrogen and oxygen atoms in total. The normalized spacial score (nSPS) is 20.1. The molecule has 7 heteroatoms. The van der Waals surface area contributed by atoms with Crippen molar-refractivity contribution in [2.24, 2.45) is 7.05 Å². The van der Waals surface area contributed by atoms with Crippen LogP contribution < -0.4 is 0 Å². The summed E-state index contributed by atoms with van der Waals surface area (Å²) in [4.78, 5) is 30.9. The molecule has 2 fully saturated rings. The van der Waals surface area contributed by atoms with E-state index >= 15 is 0 Å². The molecule has 3 amide bonds. The van der Waals surface area contributed by atoms with Crippen LogP contribution in [0, 0.1) is 0 Å². The minimum atomic E-state index is -0.709. The zero-order valence-electron chi connectivity index (χ0n) is 16.9. The van der Waals surface area contributed by atoms with Crippen molar-refractivity contribution < 1.29 is 14.3 Å². The van der Waals surface area contributed by atoms with Gasteiger partial charge in [0.2, 0.25) is 0 Å². The summed E-state index contributed by atoms with van der Waals surface area (Å²) in [5, 5.41) is 1.28. The van der Waals surface area contributed by atoms with E-state index in [9.17, 15) is 9.59 Å². The number of fused-ring (bicyclic) bond motifs is 1. The Labute approximate surface area is 165 Å². The first-order valence-electron chi connectivity index (χ1n) is 9.82. The molecule has 0 unspecified atom stereocenters. The van der Waals surface area contributed by atoms with Crippen LogP contribution in [-0.2, 0) is 23.1 Å². The molecule has 3 heterocycles. The van der Waals surface area contributed by atoms with Crippen LogP contribution in [0.4, 0.5) is 4.79 Å². The smallest absolute Gasteiger partial charge is 0.327 e. The van der Waals surface area contributed by atoms with E-state index in [4.69, 9.17) is 4.74 Å². The van der Waals surface area contributed by atoms with Gasteiger partial charge in [0.05, 0.1) is 6.61 Å². The maximum absolute atomic E-state index is 12.9. The number of carbonyl (C=O) groups excluding carboxylic acids is 2. The van der Waals surface area contributed by atoms with Crippen LogP contribution in [0.25, 0.3) is 10.9 Å². The van der Waals surface area contributed by atoms with Crippen LogP contribution in [0.3, 0.4) is 0 Å². The number of aryl methyl sites for hydroxylation is 1. The highest BCUT2D eigenvalue weighted by Crippen LogP contribution is 2.37. The Balaban J connectivity index is 1.50. The number of para-hydroxylation sites is 1. The minimum absolute atomic E-state index is 0.0709. The van der Waals surface area contributed by atoms with Gasteiger partial charge in [-0.05, 0) is 24.5 Å². The number of likely N-dealkylation sites (tertiary alicyclic amines) is 1. The molecule has 2 saturated heterocycles. The second kappa shape index (κ2) is 7.22. The first-order chi connectivity index (χ1) is 13.5. The van der Waals surface area contributed by atoms with Crippen LogP contribution >= 0.6 is 0 Å². The van der Waals surface area contributed by atoms with Crippen LogP contribution in [0.1, 0.15) is 18.4 Å². The number of carbonyl (C=O) groups is 2. The fourth-order valence-electron chi connectivity index (χ4n) is 4.73. The number of imide groups is 1. The highest BCUT2D eigenvalue weighted by molar-refractivity contribution is 6.06. The highest BCUT2D eigenvalue weighted by atomic mass is 16.5. The lowest BCUT2D eigenvalue weighted by Gasteiger charge is -2.42. The predicted octanol–water partition coefficient (Wildman–Crippen LogP) is 2.05. The summed E-state index contributed by atoms with van der Waals surface area (Å²) >= 11 is 0. The van der Waals surface area contributed by atoms with Gasteiger partial charge in [0.25, 0.3) is 5.91 Å². The fraction of sp³-hybridized carbons (Fsp3) is 0.524. The predicted molar refractivity (Wildman–Crippen MR) is 107 cm³/mol. The second-order valence-electron chi connectivity index (χ2n) is 7.88. The number of ether oxygens (including phenoxy) is 1. The fourth-order valence-corrected chi connectivity index (χ4v) is 4.73. The maximum atomic E-state index is 12.9. The molecule has 0 N–H and O–H groups in total. The first-order valence-corrected chi connectivity index (χ1v) is 9.82. The monoisotopic (exact) mass is 384 g/mol. The molecule has 2 aliphatic heterocycles. The van der Waals surface area contributed by atoms with E-state index in [0.717, 1.165) is 19.6 Å². The Hall–Kier alpha value is -2.38. The number of likely N-dealkylation sites (N-methyl/N-ethyl adjacent to an activating group) is 1. The number of methoxy groups -OCH3 is 1. The zero-order chi connectivity index (χ0) is 19.9. The van der Waals surface area contributed by atoms with Crippen molar-refractivity contribution >= 4 is 22.8 Å². The van der Waals surface area contributed by atoms with E-state index in [-0.39, 0.29) is 11.9 Å². The van der Waals surface area contributed by atoms with Crippen molar-refractivity contribution in [3.8, 4) is 0 Å². The van der Waals surface area contributed by atoms with Gasteiger partial charge in [0.15, 0.2) is 0 Å². The summed E-state index contributed by atoms with van der Waals surface area (Å²) in [6.07, 6.45) is 3.52. The number of benzene rings is 1. The summed E-state index contributed by atoms with van der Waals surface area (Å²) in [7, 11) is 5.27. The molecule has 2 aliphatic rings. The van der Waals surface area contributed by atoms with Crippen molar-refractivity contribution in [1.82, 2.24) is 19.3 Å². The number of hydrogen-bond donors (Lipinski definition) is 0. The molecule has 150 valence electrons. The number of piperidine rings is 1. The van der Waals surface area contributed by atoms with Gasteiger partial charge >= 0.3 is 6.03 Å². The number of urea groups is 1. The van der Waals surface area contributed by atoms with Crippen molar-refractivity contribution in [2.45, 2.75) is 24.9 Å². The average Bonchev–Trinajstić information content (AvgIpc) is 3.11. The Morgan fingerprint density at radius 2 is 1.82 bits per heavy atom. The number of rotatable bonds is 5. The molecule has 0 bridgehead atoms. The van der Waals surface area contributed by atoms with Crippen LogP contribution in [0.5, 0.6) is 0 Å². The molecular formula is C21H28N4O3. The molecule has 1 aromatic heterocycles. The molecule has 1 aromatic carbocycles. The summed E-state index contributed by atoms with van der Waals surface area (Å²) in [5.41, 5.74) is 1.82. The van der Waals surface area contributed by atoms with Gasteiger partial charge in [0, 0.05) is 64.5 Å². The largest absolute Gasteiger partial charge is 0.383 e. The van der Waals surface area contributed by atoms with E-state index in [0.29, 0.717) is 26.0 Å². The summed E-state index contributed by atoms with van der Waals surface area (Å²) in [5.74, 6) is -0.0709. The highest BCUT2D eigenvalue weighted by Gasteiger charge is 2.56. The minimum Gasteiger partial charge on any atom is -0.383 e. The molecular weight excluding hydrogens is 356 g/mol. The SMILES string of the molecule is COCCN1C(=O)N(C)C(=O)C12CCN(Cc1cn(C)c3ccccc13)CC2. The lowest BCUT2D eigenvalue weighted by atomic mass is 9.85. The van der Waals surface area contributed by atoms with Gasteiger partial charge in [-0.2, -0.15) is 0 Å². The Kier molecular flexibility index (Phi) is 4.89. The van der Waals surface area contributed by atoms with Crippen LogP contribution in [0.2, 0.25) is 0 Å². The van der Waals surface area contributed by atoms with Gasteiger partial charge < -0.3 is 14.2 Å². The van der Waals surface area contributed by atoms with Crippen molar-refractivity contribution in [3.63, 3.8) is 0 Å². The quantitative estimate of drug-likeness (QED) is 0.741. The standard InChI is InChI=1S/C21H28N4O3/c1-22-14-16(17-6-4-5-7-18(17)22)15-24-10-8-21(9-11-24)19(26)23(2)20(27)25(21)12-13-28-3/h4-7,14H,8-13,15H2,1-3H3. The lowest BCUT2D eigenvalue weighted by molar-refractivity contribution is -0.135. The molecule has 0 atom stereocenters.